The molecular formula is C32H37N3O3Si. The van der Waals surface area contributed by atoms with E-state index in [-0.39, 0.29) is 29.0 Å². The maximum Gasteiger partial charge on any atom is 0.354 e. The third-order valence-electron chi connectivity index (χ3n) is 8.50. The predicted molar refractivity (Wildman–Crippen MR) is 156 cm³/mol. The summed E-state index contributed by atoms with van der Waals surface area (Å²) in [5, 5.41) is 9.06. The molecule has 1 amide bonds. The Balaban J connectivity index is 1.28. The predicted octanol–water partition coefficient (Wildman–Crippen LogP) is 4.36. The van der Waals surface area contributed by atoms with Crippen LogP contribution in [0.4, 0.5) is 0 Å². The minimum Gasteiger partial charge on any atom is -0.443 e. The normalized spacial score (nSPS) is 24.6. The second kappa shape index (κ2) is 10.4. The van der Waals surface area contributed by atoms with Gasteiger partial charge in [0, 0.05) is 30.6 Å². The van der Waals surface area contributed by atoms with Gasteiger partial charge in [-0.3, -0.25) is 9.63 Å². The van der Waals surface area contributed by atoms with Crippen molar-refractivity contribution < 1.29 is 14.2 Å². The highest BCUT2D eigenvalue weighted by Crippen LogP contribution is 2.42. The van der Waals surface area contributed by atoms with Crippen molar-refractivity contribution in [1.29, 1.82) is 0 Å². The molecule has 3 fully saturated rings. The van der Waals surface area contributed by atoms with Gasteiger partial charge in [-0.25, -0.2) is 0 Å². The maximum atomic E-state index is 13.6. The average Bonchev–Trinajstić information content (AvgIpc) is 3.51. The lowest BCUT2D eigenvalue weighted by Crippen LogP contribution is -2.65. The van der Waals surface area contributed by atoms with Gasteiger partial charge in [-0.1, -0.05) is 112 Å². The van der Waals surface area contributed by atoms with Gasteiger partial charge < -0.3 is 9.43 Å². The van der Waals surface area contributed by atoms with Crippen molar-refractivity contribution in [2.75, 3.05) is 13.1 Å². The fourth-order valence-electron chi connectivity index (χ4n) is 6.56. The van der Waals surface area contributed by atoms with Crippen LogP contribution in [0.25, 0.3) is 0 Å². The molecule has 3 aliphatic rings. The highest BCUT2D eigenvalue weighted by Gasteiger charge is 2.56. The van der Waals surface area contributed by atoms with Crippen LogP contribution in [0.5, 0.6) is 0 Å². The summed E-state index contributed by atoms with van der Waals surface area (Å²) >= 11 is 0. The minimum atomic E-state index is -2.80. The van der Waals surface area contributed by atoms with Gasteiger partial charge in [0.15, 0.2) is 0 Å². The lowest BCUT2D eigenvalue weighted by Gasteiger charge is -2.40. The average molecular weight is 540 g/mol. The van der Waals surface area contributed by atoms with Crippen molar-refractivity contribution in [2.24, 2.45) is 11.1 Å². The molecule has 1 saturated carbocycles. The van der Waals surface area contributed by atoms with E-state index in [1.165, 1.54) is 10.4 Å². The summed E-state index contributed by atoms with van der Waals surface area (Å²) in [7, 11) is -2.80. The van der Waals surface area contributed by atoms with E-state index in [1.807, 2.05) is 40.3 Å². The van der Waals surface area contributed by atoms with Gasteiger partial charge in [0.25, 0.3) is 0 Å². The molecular weight excluding hydrogens is 502 g/mol. The number of carbonyl (C=O) groups excluding carboxylic acids is 1. The summed E-state index contributed by atoms with van der Waals surface area (Å²) in [5.74, 6) is 0.254. The topological polar surface area (TPSA) is 54.4 Å². The molecule has 0 aromatic heterocycles. The molecule has 6 rings (SSSR count). The smallest absolute Gasteiger partial charge is 0.354 e. The van der Waals surface area contributed by atoms with Crippen molar-refractivity contribution in [2.45, 2.75) is 57.3 Å². The monoisotopic (exact) mass is 539 g/mol. The van der Waals surface area contributed by atoms with E-state index in [1.54, 1.807) is 0 Å². The van der Waals surface area contributed by atoms with Crippen molar-refractivity contribution in [3.8, 4) is 0 Å². The Hall–Kier alpha value is -3.26. The van der Waals surface area contributed by atoms with Crippen LogP contribution in [-0.4, -0.2) is 55.1 Å². The Bertz CT molecular complexity index is 1290. The number of rotatable bonds is 6. The first kappa shape index (κ1) is 26.0. The van der Waals surface area contributed by atoms with Crippen molar-refractivity contribution >= 4 is 30.3 Å². The van der Waals surface area contributed by atoms with E-state index in [2.05, 4.69) is 81.4 Å². The van der Waals surface area contributed by atoms with Crippen molar-refractivity contribution in [3.63, 3.8) is 0 Å². The Labute approximate surface area is 232 Å². The van der Waals surface area contributed by atoms with E-state index in [0.717, 1.165) is 24.1 Å². The number of piperazine rings is 1. The van der Waals surface area contributed by atoms with Gasteiger partial charge in [0.05, 0.1) is 5.71 Å². The van der Waals surface area contributed by atoms with Crippen LogP contribution in [0.1, 0.15) is 39.2 Å². The molecule has 2 heterocycles. The van der Waals surface area contributed by atoms with Crippen LogP contribution in [0.3, 0.4) is 0 Å². The van der Waals surface area contributed by atoms with E-state index < -0.39 is 8.32 Å². The third kappa shape index (κ3) is 4.62. The lowest BCUT2D eigenvalue weighted by atomic mass is 9.94. The van der Waals surface area contributed by atoms with Crippen LogP contribution in [0.15, 0.2) is 96.2 Å². The first-order chi connectivity index (χ1) is 18.9. The molecule has 0 N–H and O–H groups in total. The molecule has 6 nitrogen and oxygen atoms in total. The molecule has 3 atom stereocenters. The number of hydrogen-bond donors (Lipinski definition) is 0. The van der Waals surface area contributed by atoms with Gasteiger partial charge in [-0.05, 0) is 28.8 Å². The van der Waals surface area contributed by atoms with E-state index in [0.29, 0.717) is 19.6 Å². The second-order valence-electron chi connectivity index (χ2n) is 11.9. The van der Waals surface area contributed by atoms with Crippen molar-refractivity contribution in [1.82, 2.24) is 9.96 Å². The maximum absolute atomic E-state index is 13.6. The van der Waals surface area contributed by atoms with Gasteiger partial charge in [-0.2, -0.15) is 5.06 Å². The fourth-order valence-corrected chi connectivity index (χ4v) is 10.7. The summed E-state index contributed by atoms with van der Waals surface area (Å²) in [4.78, 5) is 22.0. The van der Waals surface area contributed by atoms with Gasteiger partial charge in [0.1, 0.15) is 12.1 Å². The summed E-state index contributed by atoms with van der Waals surface area (Å²) in [6.07, 6.45) is 1.44. The first-order valence-electron chi connectivity index (χ1n) is 14.0. The van der Waals surface area contributed by atoms with Crippen LogP contribution in [-0.2, 0) is 20.7 Å². The Morgan fingerprint density at radius 2 is 1.49 bits per heavy atom. The molecule has 3 aromatic carbocycles. The van der Waals surface area contributed by atoms with Gasteiger partial charge >= 0.3 is 8.32 Å². The molecule has 1 aliphatic carbocycles. The molecule has 0 spiro atoms. The molecule has 0 unspecified atom stereocenters. The lowest BCUT2D eigenvalue weighted by molar-refractivity contribution is -0.182. The molecule has 0 radical (unpaired) electrons. The molecule has 3 aromatic rings. The quantitative estimate of drug-likeness (QED) is 0.345. The zero-order valence-corrected chi connectivity index (χ0v) is 24.0. The number of nitrogens with zero attached hydrogens (tertiary/aromatic N) is 3. The number of oxime groups is 1. The van der Waals surface area contributed by atoms with E-state index in [9.17, 15) is 4.79 Å². The number of amides is 1. The highest BCUT2D eigenvalue weighted by molar-refractivity contribution is 6.99. The molecule has 2 aliphatic heterocycles. The molecule has 39 heavy (non-hydrogen) atoms. The Kier molecular flexibility index (Phi) is 6.91. The number of benzene rings is 3. The largest absolute Gasteiger partial charge is 0.443 e. The number of hydrogen-bond acceptors (Lipinski definition) is 5. The van der Waals surface area contributed by atoms with Crippen molar-refractivity contribution in [3.05, 3.63) is 96.6 Å². The van der Waals surface area contributed by atoms with Crippen LogP contribution >= 0.6 is 0 Å². The Morgan fingerprint density at radius 1 is 0.897 bits per heavy atom. The fraction of sp³-hybridized carbons (Fsp3) is 0.375. The van der Waals surface area contributed by atoms with Crippen LogP contribution in [0, 0.1) is 5.92 Å². The van der Waals surface area contributed by atoms with E-state index in [4.69, 9.17) is 14.5 Å². The van der Waals surface area contributed by atoms with Gasteiger partial charge in [0.2, 0.25) is 5.91 Å². The number of carbonyl (C=O) groups is 1. The molecule has 0 bridgehead atoms. The highest BCUT2D eigenvalue weighted by atomic mass is 28.4. The van der Waals surface area contributed by atoms with E-state index >= 15 is 0 Å². The van der Waals surface area contributed by atoms with Crippen LogP contribution in [0.2, 0.25) is 5.04 Å². The third-order valence-corrected chi connectivity index (χ3v) is 13.3. The molecule has 202 valence electrons. The zero-order valence-electron chi connectivity index (χ0n) is 23.0. The summed E-state index contributed by atoms with van der Waals surface area (Å²) in [6.45, 7) is 8.77. The number of fused-ring (bicyclic) bond motifs is 3. The summed E-state index contributed by atoms with van der Waals surface area (Å²) < 4.78 is 6.87. The van der Waals surface area contributed by atoms with Crippen LogP contribution < -0.4 is 10.4 Å². The van der Waals surface area contributed by atoms with Gasteiger partial charge in [-0.15, -0.1) is 5.16 Å². The zero-order chi connectivity index (χ0) is 27.0. The molecule has 2 saturated heterocycles. The number of hydroxylamine groups is 2. The SMILES string of the molecule is CC(C)(C)[Si](O/N=C1/CC[C@H]2[C@@H]1ON1CCN(Cc3ccccc3)C(=O)[C@H]21)(c1ccccc1)c1ccccc1. The second-order valence-corrected chi connectivity index (χ2v) is 16.1. The first-order valence-corrected chi connectivity index (χ1v) is 15.9. The standard InChI is InChI=1S/C32H37N3O3Si/c1-32(2,3)39(25-15-9-5-10-16-25,26-17-11-6-12-18-26)38-33-28-20-19-27-29-31(36)34(21-22-35(29)37-30(27)28)23-24-13-7-4-8-14-24/h4-18,27,29-30H,19-23H2,1-3H3/b33-28-/t27-,29+,30+/m1/s1. The molecule has 7 heteroatoms. The summed E-state index contributed by atoms with van der Waals surface area (Å²) in [6, 6.07) is 31.1. The Morgan fingerprint density at radius 3 is 2.08 bits per heavy atom. The minimum absolute atomic E-state index is 0.0950. The summed E-state index contributed by atoms with van der Waals surface area (Å²) in [5.41, 5.74) is 2.08.